The van der Waals surface area contributed by atoms with E-state index in [1.165, 1.54) is 0 Å². The molecule has 2 aliphatic rings. The summed E-state index contributed by atoms with van der Waals surface area (Å²) in [6, 6.07) is 33.3. The molecule has 8 heterocycles. The average molecular weight is 618 g/mol. The molecular weight excluding hydrogens is 591 g/mol. The second kappa shape index (κ2) is 11.6. The third-order valence-corrected chi connectivity index (χ3v) is 8.59. The predicted octanol–water partition coefficient (Wildman–Crippen LogP) is 9.30. The third kappa shape index (κ3) is 4.91. The summed E-state index contributed by atoms with van der Waals surface area (Å²) in [6.45, 7) is 0. The molecule has 0 unspecified atom stereocenters. The number of H-pyrrole nitrogens is 1. The molecule has 2 aliphatic heterocycles. The molecule has 0 spiro atoms. The highest BCUT2D eigenvalue weighted by atomic mass is 15.0. The van der Waals surface area contributed by atoms with E-state index < -0.39 is 0 Å². The number of fused-ring (bicyclic) bond motifs is 8. The monoisotopic (exact) mass is 617 g/mol. The summed E-state index contributed by atoms with van der Waals surface area (Å²) in [4.78, 5) is 27.0. The van der Waals surface area contributed by atoms with Crippen molar-refractivity contribution in [2.24, 2.45) is 0 Å². The Morgan fingerprint density at radius 1 is 0.458 bits per heavy atom. The van der Waals surface area contributed by atoms with Gasteiger partial charge in [-0.25, -0.2) is 9.97 Å². The highest BCUT2D eigenvalue weighted by Crippen LogP contribution is 2.46. The second-order valence-electron chi connectivity index (χ2n) is 11.6. The summed E-state index contributed by atoms with van der Waals surface area (Å²) >= 11 is 0. The van der Waals surface area contributed by atoms with Gasteiger partial charge in [0, 0.05) is 70.6 Å². The zero-order valence-electron chi connectivity index (χ0n) is 25.7. The molecule has 0 atom stereocenters. The van der Waals surface area contributed by atoms with Gasteiger partial charge in [0.2, 0.25) is 0 Å². The van der Waals surface area contributed by atoms with Crippen LogP contribution in [0.3, 0.4) is 0 Å². The lowest BCUT2D eigenvalue weighted by atomic mass is 9.94. The summed E-state index contributed by atoms with van der Waals surface area (Å²) < 4.78 is 2.33. The molecule has 48 heavy (non-hydrogen) atoms. The zero-order chi connectivity index (χ0) is 31.9. The zero-order valence-corrected chi connectivity index (χ0v) is 25.7. The minimum absolute atomic E-state index is 0.848. The van der Waals surface area contributed by atoms with Crippen LogP contribution in [0.1, 0.15) is 22.8 Å². The maximum atomic E-state index is 5.24. The van der Waals surface area contributed by atoms with Crippen LogP contribution in [0.15, 0.2) is 134 Å². The van der Waals surface area contributed by atoms with E-state index in [2.05, 4.69) is 134 Å². The van der Waals surface area contributed by atoms with Crippen molar-refractivity contribution in [1.29, 1.82) is 0 Å². The first kappa shape index (κ1) is 27.6. The Kier molecular flexibility index (Phi) is 6.64. The molecule has 226 valence electrons. The van der Waals surface area contributed by atoms with Crippen LogP contribution in [0.5, 0.6) is 0 Å². The third-order valence-electron chi connectivity index (χ3n) is 8.59. The Bertz CT molecular complexity index is 2530. The molecule has 6 aromatic heterocycles. The number of nitrogens with one attached hydrogen (secondary N) is 1. The lowest BCUT2D eigenvalue weighted by molar-refractivity contribution is 1.15. The minimum Gasteiger partial charge on any atom is -0.355 e. The lowest BCUT2D eigenvalue weighted by Crippen LogP contribution is -1.97. The van der Waals surface area contributed by atoms with Crippen LogP contribution >= 0.6 is 0 Å². The SMILES string of the molecule is C1=Cc2cc3c(-c4ccccc4)c(-c4ccncc4)c(c(-c4ccncc4)c4nc(cc5ccc(cc1n2)[nH]5)C=C4)n3-c1ccncc1. The molecule has 7 heteroatoms. The van der Waals surface area contributed by atoms with E-state index in [9.17, 15) is 0 Å². The van der Waals surface area contributed by atoms with E-state index in [-0.39, 0.29) is 0 Å². The highest BCUT2D eigenvalue weighted by Gasteiger charge is 2.25. The van der Waals surface area contributed by atoms with Crippen molar-refractivity contribution < 1.29 is 0 Å². The van der Waals surface area contributed by atoms with E-state index in [4.69, 9.17) is 9.97 Å². The van der Waals surface area contributed by atoms with Gasteiger partial charge in [0.25, 0.3) is 0 Å². The quantitative estimate of drug-likeness (QED) is 0.213. The van der Waals surface area contributed by atoms with Gasteiger partial charge in [-0.05, 0) is 108 Å². The fourth-order valence-corrected chi connectivity index (χ4v) is 6.56. The van der Waals surface area contributed by atoms with Gasteiger partial charge in [0.15, 0.2) is 0 Å². The topological polar surface area (TPSA) is 85.2 Å². The molecule has 0 saturated carbocycles. The molecule has 1 N–H and O–H groups in total. The number of rotatable bonds is 4. The van der Waals surface area contributed by atoms with E-state index in [1.54, 1.807) is 0 Å². The Balaban J connectivity index is 1.61. The van der Waals surface area contributed by atoms with Gasteiger partial charge in [-0.1, -0.05) is 30.3 Å². The molecule has 0 amide bonds. The van der Waals surface area contributed by atoms with Crippen molar-refractivity contribution in [3.63, 3.8) is 0 Å². The van der Waals surface area contributed by atoms with Gasteiger partial charge in [-0.3, -0.25) is 15.0 Å². The number of pyridine rings is 3. The van der Waals surface area contributed by atoms with E-state index in [1.807, 2.05) is 49.3 Å². The Hall–Kier alpha value is -6.73. The normalized spacial score (nSPS) is 12.0. The highest BCUT2D eigenvalue weighted by molar-refractivity contribution is 6.10. The van der Waals surface area contributed by atoms with Crippen LogP contribution in [0.25, 0.3) is 85.4 Å². The number of aromatic amines is 1. The van der Waals surface area contributed by atoms with E-state index in [0.29, 0.717) is 0 Å². The molecular formula is C41H27N7. The van der Waals surface area contributed by atoms with Crippen LogP contribution in [-0.4, -0.2) is 34.5 Å². The largest absolute Gasteiger partial charge is 0.355 e. The van der Waals surface area contributed by atoms with Crippen LogP contribution in [0.4, 0.5) is 0 Å². The number of benzene rings is 1. The van der Waals surface area contributed by atoms with Crippen molar-refractivity contribution in [2.45, 2.75) is 0 Å². The number of hydrogen-bond acceptors (Lipinski definition) is 5. The summed E-state index contributed by atoms with van der Waals surface area (Å²) in [7, 11) is 0. The van der Waals surface area contributed by atoms with Crippen molar-refractivity contribution in [3.05, 3.63) is 157 Å². The maximum Gasteiger partial charge on any atom is 0.0737 e. The van der Waals surface area contributed by atoms with Crippen LogP contribution in [0.2, 0.25) is 0 Å². The molecule has 7 aromatic rings. The molecule has 0 aliphatic carbocycles. The average Bonchev–Trinajstić information content (AvgIpc) is 3.95. The van der Waals surface area contributed by atoms with Gasteiger partial charge >= 0.3 is 0 Å². The summed E-state index contributed by atoms with van der Waals surface area (Å²) in [5, 5.41) is 0. The number of aromatic nitrogens is 7. The molecule has 9 rings (SSSR count). The first-order chi connectivity index (χ1) is 23.8. The molecule has 1 aromatic carbocycles. The Morgan fingerprint density at radius 3 is 1.67 bits per heavy atom. The van der Waals surface area contributed by atoms with Crippen molar-refractivity contribution >= 4 is 46.4 Å². The van der Waals surface area contributed by atoms with Gasteiger partial charge < -0.3 is 9.55 Å². The molecule has 8 bridgehead atoms. The summed E-state index contributed by atoms with van der Waals surface area (Å²) in [6.07, 6.45) is 19.3. The lowest BCUT2D eigenvalue weighted by Gasteiger charge is -2.13. The maximum absolute atomic E-state index is 5.24. The fourth-order valence-electron chi connectivity index (χ4n) is 6.56. The fraction of sp³-hybridized carbons (Fsp3) is 0. The Morgan fingerprint density at radius 2 is 1.00 bits per heavy atom. The van der Waals surface area contributed by atoms with Gasteiger partial charge in [0.05, 0.1) is 33.8 Å². The molecule has 0 radical (unpaired) electrons. The molecule has 7 nitrogen and oxygen atoms in total. The van der Waals surface area contributed by atoms with Gasteiger partial charge in [-0.2, -0.15) is 0 Å². The summed E-state index contributed by atoms with van der Waals surface area (Å²) in [5.41, 5.74) is 14.5. The smallest absolute Gasteiger partial charge is 0.0737 e. The summed E-state index contributed by atoms with van der Waals surface area (Å²) in [5.74, 6) is 0. The second-order valence-corrected chi connectivity index (χ2v) is 11.6. The van der Waals surface area contributed by atoms with E-state index >= 15 is 0 Å². The van der Waals surface area contributed by atoms with Crippen molar-refractivity contribution in [3.8, 4) is 39.1 Å². The van der Waals surface area contributed by atoms with Crippen LogP contribution in [-0.2, 0) is 0 Å². The number of hydrogen-bond donors (Lipinski definition) is 1. The van der Waals surface area contributed by atoms with Gasteiger partial charge in [0.1, 0.15) is 0 Å². The van der Waals surface area contributed by atoms with Gasteiger partial charge in [-0.15, -0.1) is 0 Å². The predicted molar refractivity (Wildman–Crippen MR) is 194 cm³/mol. The van der Waals surface area contributed by atoms with Crippen LogP contribution in [0, 0.1) is 0 Å². The van der Waals surface area contributed by atoms with Crippen LogP contribution < -0.4 is 0 Å². The molecule has 0 saturated heterocycles. The molecule has 0 fully saturated rings. The van der Waals surface area contributed by atoms with Crippen molar-refractivity contribution in [1.82, 2.24) is 34.5 Å². The minimum atomic E-state index is 0.848. The first-order valence-corrected chi connectivity index (χ1v) is 15.7. The van der Waals surface area contributed by atoms with Crippen molar-refractivity contribution in [2.75, 3.05) is 0 Å². The first-order valence-electron chi connectivity index (χ1n) is 15.7. The number of nitrogens with zero attached hydrogens (tertiary/aromatic N) is 6. The Labute approximate surface area is 276 Å². The van der Waals surface area contributed by atoms with E-state index in [0.717, 1.165) is 83.9 Å². The standard InChI is InChI=1S/C41H27N7/c1-2-4-27(5-3-1)39-37-26-34-9-8-31(46-34)24-30-6-7-32(45-30)25-33-10-11-36(47-33)38(28-12-18-42-19-13-28)41(40(39)29-14-20-43-21-15-29)48(37)35-16-22-44-23-17-35/h1-26,45H.